The van der Waals surface area contributed by atoms with Crippen molar-refractivity contribution in [3.8, 4) is 0 Å². The molecule has 1 aliphatic carbocycles. The lowest BCUT2D eigenvalue weighted by atomic mass is 9.74. The van der Waals surface area contributed by atoms with Crippen molar-refractivity contribution >= 4 is 5.69 Å². The van der Waals surface area contributed by atoms with E-state index < -0.39 is 0 Å². The Morgan fingerprint density at radius 3 is 2.20 bits per heavy atom. The standard InChI is InChI=1S/C14H21N/c1-10-7-11(2)9-12(8-10)13-5-3-4-6-14(13)15/h3-6,10-12H,7-9,15H2,1-2H3. The van der Waals surface area contributed by atoms with Crippen LogP contribution in [0.1, 0.15) is 44.6 Å². The second kappa shape index (κ2) is 4.26. The first-order chi connectivity index (χ1) is 7.16. The number of nitrogen functional groups attached to an aromatic ring is 1. The van der Waals surface area contributed by atoms with Gasteiger partial charge in [0.05, 0.1) is 0 Å². The molecule has 1 aromatic rings. The summed E-state index contributed by atoms with van der Waals surface area (Å²) in [6.07, 6.45) is 3.99. The van der Waals surface area contributed by atoms with Gasteiger partial charge < -0.3 is 5.73 Å². The average Bonchev–Trinajstić information content (AvgIpc) is 2.16. The highest BCUT2D eigenvalue weighted by molar-refractivity contribution is 5.48. The minimum absolute atomic E-state index is 0.685. The Balaban J connectivity index is 2.20. The monoisotopic (exact) mass is 203 g/mol. The summed E-state index contributed by atoms with van der Waals surface area (Å²) in [7, 11) is 0. The Bertz CT molecular complexity index is 322. The number of hydrogen-bond donors (Lipinski definition) is 1. The number of para-hydroxylation sites is 1. The van der Waals surface area contributed by atoms with Crippen LogP contribution in [0.3, 0.4) is 0 Å². The quantitative estimate of drug-likeness (QED) is 0.690. The van der Waals surface area contributed by atoms with Gasteiger partial charge in [-0.3, -0.25) is 0 Å². The normalized spacial score (nSPS) is 31.5. The second-order valence-electron chi connectivity index (χ2n) is 5.24. The van der Waals surface area contributed by atoms with Gasteiger partial charge in [0.2, 0.25) is 0 Å². The number of nitrogens with two attached hydrogens (primary N) is 1. The maximum atomic E-state index is 6.04. The highest BCUT2D eigenvalue weighted by atomic mass is 14.6. The van der Waals surface area contributed by atoms with E-state index >= 15 is 0 Å². The molecule has 1 heteroatoms. The van der Waals surface area contributed by atoms with Crippen molar-refractivity contribution in [2.24, 2.45) is 11.8 Å². The smallest absolute Gasteiger partial charge is 0.0349 e. The van der Waals surface area contributed by atoms with Crippen molar-refractivity contribution in [3.05, 3.63) is 29.8 Å². The van der Waals surface area contributed by atoms with Gasteiger partial charge in [0.25, 0.3) is 0 Å². The minimum atomic E-state index is 0.685. The van der Waals surface area contributed by atoms with Crippen LogP contribution in [0, 0.1) is 11.8 Å². The zero-order valence-electron chi connectivity index (χ0n) is 9.74. The molecule has 0 aliphatic heterocycles. The first-order valence-electron chi connectivity index (χ1n) is 6.01. The summed E-state index contributed by atoms with van der Waals surface area (Å²) in [5.41, 5.74) is 8.39. The molecule has 0 spiro atoms. The summed E-state index contributed by atoms with van der Waals surface area (Å²) in [5, 5.41) is 0. The molecule has 2 rings (SSSR count). The van der Waals surface area contributed by atoms with Crippen molar-refractivity contribution in [2.45, 2.75) is 39.0 Å². The Kier molecular flexibility index (Phi) is 2.99. The highest BCUT2D eigenvalue weighted by Crippen LogP contribution is 2.40. The number of anilines is 1. The predicted octanol–water partition coefficient (Wildman–Crippen LogP) is 3.81. The molecular weight excluding hydrogens is 182 g/mol. The Hall–Kier alpha value is -0.980. The third-order valence-corrected chi connectivity index (χ3v) is 3.61. The molecule has 82 valence electrons. The van der Waals surface area contributed by atoms with E-state index in [4.69, 9.17) is 5.73 Å². The van der Waals surface area contributed by atoms with Gasteiger partial charge >= 0.3 is 0 Å². The molecule has 0 radical (unpaired) electrons. The van der Waals surface area contributed by atoms with Crippen LogP contribution in [0.5, 0.6) is 0 Å². The van der Waals surface area contributed by atoms with E-state index in [1.807, 2.05) is 12.1 Å². The van der Waals surface area contributed by atoms with Crippen molar-refractivity contribution in [1.82, 2.24) is 0 Å². The highest BCUT2D eigenvalue weighted by Gasteiger charge is 2.25. The van der Waals surface area contributed by atoms with Gasteiger partial charge in [-0.15, -0.1) is 0 Å². The fourth-order valence-electron chi connectivity index (χ4n) is 3.08. The number of benzene rings is 1. The SMILES string of the molecule is CC1CC(C)CC(c2ccccc2N)C1. The molecule has 2 atom stereocenters. The molecule has 2 N–H and O–H groups in total. The summed E-state index contributed by atoms with van der Waals surface area (Å²) in [6, 6.07) is 8.36. The molecule has 0 heterocycles. The molecule has 0 aromatic heterocycles. The lowest BCUT2D eigenvalue weighted by Gasteiger charge is -2.32. The zero-order chi connectivity index (χ0) is 10.8. The van der Waals surface area contributed by atoms with Gasteiger partial charge in [-0.1, -0.05) is 32.0 Å². The van der Waals surface area contributed by atoms with Crippen molar-refractivity contribution in [2.75, 3.05) is 5.73 Å². The van der Waals surface area contributed by atoms with Crippen molar-refractivity contribution in [1.29, 1.82) is 0 Å². The predicted molar refractivity (Wildman–Crippen MR) is 65.8 cm³/mol. The summed E-state index contributed by atoms with van der Waals surface area (Å²) in [5.74, 6) is 2.38. The topological polar surface area (TPSA) is 26.0 Å². The van der Waals surface area contributed by atoms with Gasteiger partial charge in [0, 0.05) is 5.69 Å². The van der Waals surface area contributed by atoms with E-state index in [9.17, 15) is 0 Å². The van der Waals surface area contributed by atoms with E-state index in [2.05, 4.69) is 26.0 Å². The Morgan fingerprint density at radius 1 is 1.00 bits per heavy atom. The molecule has 2 unspecified atom stereocenters. The second-order valence-corrected chi connectivity index (χ2v) is 5.24. The fourth-order valence-corrected chi connectivity index (χ4v) is 3.08. The third kappa shape index (κ3) is 2.34. The van der Waals surface area contributed by atoms with Crippen LogP contribution in [0.2, 0.25) is 0 Å². The molecule has 1 aromatic carbocycles. The van der Waals surface area contributed by atoms with E-state index in [0.717, 1.165) is 17.5 Å². The van der Waals surface area contributed by atoms with E-state index in [1.54, 1.807) is 0 Å². The summed E-state index contributed by atoms with van der Waals surface area (Å²) in [4.78, 5) is 0. The van der Waals surface area contributed by atoms with Gasteiger partial charge in [-0.2, -0.15) is 0 Å². The third-order valence-electron chi connectivity index (χ3n) is 3.61. The molecule has 1 nitrogen and oxygen atoms in total. The number of rotatable bonds is 1. The molecule has 0 bridgehead atoms. The van der Waals surface area contributed by atoms with Crippen LogP contribution < -0.4 is 5.73 Å². The lowest BCUT2D eigenvalue weighted by Crippen LogP contribution is -2.18. The average molecular weight is 203 g/mol. The Morgan fingerprint density at radius 2 is 1.60 bits per heavy atom. The van der Waals surface area contributed by atoms with Crippen LogP contribution >= 0.6 is 0 Å². The van der Waals surface area contributed by atoms with Crippen LogP contribution in [0.25, 0.3) is 0 Å². The van der Waals surface area contributed by atoms with Crippen molar-refractivity contribution in [3.63, 3.8) is 0 Å². The van der Waals surface area contributed by atoms with Gasteiger partial charge in [0.15, 0.2) is 0 Å². The van der Waals surface area contributed by atoms with Crippen LogP contribution in [0.15, 0.2) is 24.3 Å². The molecular formula is C14H21N. The largest absolute Gasteiger partial charge is 0.398 e. The maximum absolute atomic E-state index is 6.04. The summed E-state index contributed by atoms with van der Waals surface area (Å²) in [6.45, 7) is 4.73. The Labute approximate surface area is 92.7 Å². The lowest BCUT2D eigenvalue weighted by molar-refractivity contribution is 0.269. The van der Waals surface area contributed by atoms with E-state index in [0.29, 0.717) is 5.92 Å². The van der Waals surface area contributed by atoms with Crippen molar-refractivity contribution < 1.29 is 0 Å². The molecule has 0 saturated heterocycles. The van der Waals surface area contributed by atoms with E-state index in [-0.39, 0.29) is 0 Å². The molecule has 1 saturated carbocycles. The van der Waals surface area contributed by atoms with Gasteiger partial charge in [0.1, 0.15) is 0 Å². The maximum Gasteiger partial charge on any atom is 0.0349 e. The van der Waals surface area contributed by atoms with E-state index in [1.165, 1.54) is 24.8 Å². The van der Waals surface area contributed by atoms with Gasteiger partial charge in [-0.05, 0) is 48.6 Å². The summed E-state index contributed by atoms with van der Waals surface area (Å²) >= 11 is 0. The zero-order valence-corrected chi connectivity index (χ0v) is 9.74. The summed E-state index contributed by atoms with van der Waals surface area (Å²) < 4.78 is 0. The molecule has 15 heavy (non-hydrogen) atoms. The molecule has 0 amide bonds. The van der Waals surface area contributed by atoms with Crippen LogP contribution in [-0.4, -0.2) is 0 Å². The minimum Gasteiger partial charge on any atom is -0.398 e. The van der Waals surface area contributed by atoms with Crippen LogP contribution in [-0.2, 0) is 0 Å². The van der Waals surface area contributed by atoms with Crippen LogP contribution in [0.4, 0.5) is 5.69 Å². The molecule has 1 aliphatic rings. The fraction of sp³-hybridized carbons (Fsp3) is 0.571. The first kappa shape index (κ1) is 10.5. The number of hydrogen-bond acceptors (Lipinski definition) is 1. The molecule has 1 fully saturated rings. The first-order valence-corrected chi connectivity index (χ1v) is 6.01. The van der Waals surface area contributed by atoms with Gasteiger partial charge in [-0.25, -0.2) is 0 Å².